The van der Waals surface area contributed by atoms with Crippen LogP contribution in [0.15, 0.2) is 40.9 Å². The third-order valence-electron chi connectivity index (χ3n) is 3.27. The molecule has 2 N–H and O–H groups in total. The fraction of sp³-hybridized carbons (Fsp3) is 0.133. The van der Waals surface area contributed by atoms with E-state index in [4.69, 9.17) is 15.2 Å². The average molecular weight is 348 g/mol. The first-order valence-corrected chi connectivity index (χ1v) is 7.09. The number of hydrogen-bond acceptors (Lipinski definition) is 4. The maximum Gasteiger partial charge on any atom is 0.205 e. The van der Waals surface area contributed by atoms with Crippen LogP contribution in [0.3, 0.4) is 0 Å². The van der Waals surface area contributed by atoms with E-state index in [1.165, 1.54) is 0 Å². The zero-order valence-corrected chi connectivity index (χ0v) is 13.2. The summed E-state index contributed by atoms with van der Waals surface area (Å²) in [5, 5.41) is 0. The third-order valence-corrected chi connectivity index (χ3v) is 3.76. The van der Waals surface area contributed by atoms with Crippen LogP contribution < -0.4 is 15.2 Å². The standard InChI is InChI=1S/C15H14BrN3O2/c1-20-13-6-4-10(8-14(13)21-2)19-12-5-3-9(16)7-11(12)18-15(19)17/h3-8H,1-2H3,(H2,17,18). The van der Waals surface area contributed by atoms with Crippen LogP contribution in [0.1, 0.15) is 0 Å². The summed E-state index contributed by atoms with van der Waals surface area (Å²) in [5.41, 5.74) is 8.70. The maximum atomic E-state index is 6.06. The normalized spacial score (nSPS) is 10.8. The Morgan fingerprint density at radius 3 is 2.52 bits per heavy atom. The van der Waals surface area contributed by atoms with Crippen molar-refractivity contribution in [3.05, 3.63) is 40.9 Å². The van der Waals surface area contributed by atoms with Crippen molar-refractivity contribution in [2.75, 3.05) is 20.0 Å². The molecule has 0 unspecified atom stereocenters. The number of nitrogens with two attached hydrogens (primary N) is 1. The molecule has 6 heteroatoms. The van der Waals surface area contributed by atoms with Crippen LogP contribution in [0.4, 0.5) is 5.95 Å². The van der Waals surface area contributed by atoms with Gasteiger partial charge in [0.1, 0.15) is 0 Å². The van der Waals surface area contributed by atoms with Crippen LogP contribution in [0.25, 0.3) is 16.7 Å². The van der Waals surface area contributed by atoms with Gasteiger partial charge in [0.2, 0.25) is 5.95 Å². The van der Waals surface area contributed by atoms with Gasteiger partial charge in [-0.15, -0.1) is 0 Å². The highest BCUT2D eigenvalue weighted by Gasteiger charge is 2.12. The van der Waals surface area contributed by atoms with E-state index in [0.717, 1.165) is 21.2 Å². The van der Waals surface area contributed by atoms with Crippen LogP contribution in [0.2, 0.25) is 0 Å². The predicted octanol–water partition coefficient (Wildman–Crippen LogP) is 3.39. The summed E-state index contributed by atoms with van der Waals surface area (Å²) >= 11 is 3.44. The summed E-state index contributed by atoms with van der Waals surface area (Å²) in [4.78, 5) is 4.39. The number of halogens is 1. The van der Waals surface area contributed by atoms with Gasteiger partial charge in [-0.2, -0.15) is 0 Å². The Morgan fingerprint density at radius 2 is 1.81 bits per heavy atom. The molecule has 0 atom stereocenters. The first kappa shape index (κ1) is 13.8. The zero-order valence-electron chi connectivity index (χ0n) is 11.6. The van der Waals surface area contributed by atoms with Gasteiger partial charge in [0, 0.05) is 10.5 Å². The molecule has 1 heterocycles. The van der Waals surface area contributed by atoms with E-state index in [0.29, 0.717) is 17.4 Å². The minimum atomic E-state index is 0.426. The molecular weight excluding hydrogens is 334 g/mol. The molecule has 0 aliphatic heterocycles. The van der Waals surface area contributed by atoms with Crippen molar-refractivity contribution in [1.29, 1.82) is 0 Å². The van der Waals surface area contributed by atoms with Crippen molar-refractivity contribution >= 4 is 32.9 Å². The quantitative estimate of drug-likeness (QED) is 0.788. The Labute approximate surface area is 130 Å². The molecular formula is C15H14BrN3O2. The highest BCUT2D eigenvalue weighted by Crippen LogP contribution is 2.32. The number of rotatable bonds is 3. The molecule has 0 saturated carbocycles. The highest BCUT2D eigenvalue weighted by molar-refractivity contribution is 9.10. The van der Waals surface area contributed by atoms with E-state index < -0.39 is 0 Å². The number of aromatic nitrogens is 2. The van der Waals surface area contributed by atoms with Gasteiger partial charge in [-0.1, -0.05) is 15.9 Å². The minimum Gasteiger partial charge on any atom is -0.493 e. The fourth-order valence-electron chi connectivity index (χ4n) is 2.31. The molecule has 5 nitrogen and oxygen atoms in total. The van der Waals surface area contributed by atoms with Crippen LogP contribution in [-0.2, 0) is 0 Å². The number of nitrogens with zero attached hydrogens (tertiary/aromatic N) is 2. The van der Waals surface area contributed by atoms with E-state index in [1.807, 2.05) is 41.0 Å². The van der Waals surface area contributed by atoms with Crippen LogP contribution in [-0.4, -0.2) is 23.8 Å². The summed E-state index contributed by atoms with van der Waals surface area (Å²) in [6, 6.07) is 11.5. The lowest BCUT2D eigenvalue weighted by Crippen LogP contribution is -2.01. The minimum absolute atomic E-state index is 0.426. The lowest BCUT2D eigenvalue weighted by Gasteiger charge is -2.11. The average Bonchev–Trinajstić information content (AvgIpc) is 2.81. The second-order valence-electron chi connectivity index (χ2n) is 4.48. The first-order valence-electron chi connectivity index (χ1n) is 6.30. The Hall–Kier alpha value is -2.21. The number of imidazole rings is 1. The van der Waals surface area contributed by atoms with E-state index in [-0.39, 0.29) is 0 Å². The Balaban J connectivity index is 2.22. The largest absolute Gasteiger partial charge is 0.493 e. The van der Waals surface area contributed by atoms with Crippen molar-refractivity contribution in [3.8, 4) is 17.2 Å². The highest BCUT2D eigenvalue weighted by atomic mass is 79.9. The number of anilines is 1. The topological polar surface area (TPSA) is 62.3 Å². The summed E-state index contributed by atoms with van der Waals surface area (Å²) in [6.07, 6.45) is 0. The van der Waals surface area contributed by atoms with E-state index >= 15 is 0 Å². The first-order chi connectivity index (χ1) is 10.1. The molecule has 108 valence electrons. The van der Waals surface area contributed by atoms with E-state index in [1.54, 1.807) is 14.2 Å². The van der Waals surface area contributed by atoms with Crippen molar-refractivity contribution in [3.63, 3.8) is 0 Å². The van der Waals surface area contributed by atoms with Gasteiger partial charge in [0.05, 0.1) is 30.9 Å². The van der Waals surface area contributed by atoms with Gasteiger partial charge in [-0.25, -0.2) is 4.98 Å². The maximum absolute atomic E-state index is 6.06. The lowest BCUT2D eigenvalue weighted by molar-refractivity contribution is 0.355. The van der Waals surface area contributed by atoms with Gasteiger partial charge < -0.3 is 15.2 Å². The summed E-state index contributed by atoms with van der Waals surface area (Å²) in [6.45, 7) is 0. The molecule has 0 saturated heterocycles. The van der Waals surface area contributed by atoms with Crippen molar-refractivity contribution in [2.24, 2.45) is 0 Å². The Kier molecular flexibility index (Phi) is 3.47. The van der Waals surface area contributed by atoms with E-state index in [2.05, 4.69) is 20.9 Å². The van der Waals surface area contributed by atoms with Crippen LogP contribution >= 0.6 is 15.9 Å². The Bertz CT molecular complexity index is 814. The van der Waals surface area contributed by atoms with Gasteiger partial charge in [0.15, 0.2) is 11.5 Å². The fourth-order valence-corrected chi connectivity index (χ4v) is 2.66. The van der Waals surface area contributed by atoms with Gasteiger partial charge >= 0.3 is 0 Å². The smallest absolute Gasteiger partial charge is 0.205 e. The lowest BCUT2D eigenvalue weighted by atomic mass is 10.2. The number of hydrogen-bond donors (Lipinski definition) is 1. The summed E-state index contributed by atoms with van der Waals surface area (Å²) in [7, 11) is 3.21. The van der Waals surface area contributed by atoms with Gasteiger partial charge in [0.25, 0.3) is 0 Å². The molecule has 3 rings (SSSR count). The predicted molar refractivity (Wildman–Crippen MR) is 86.3 cm³/mol. The van der Waals surface area contributed by atoms with Crippen molar-refractivity contribution in [1.82, 2.24) is 9.55 Å². The molecule has 0 bridgehead atoms. The zero-order chi connectivity index (χ0) is 15.0. The second-order valence-corrected chi connectivity index (χ2v) is 5.39. The van der Waals surface area contributed by atoms with Crippen LogP contribution in [0.5, 0.6) is 11.5 Å². The van der Waals surface area contributed by atoms with Gasteiger partial charge in [-0.3, -0.25) is 4.57 Å². The summed E-state index contributed by atoms with van der Waals surface area (Å²) in [5.74, 6) is 1.75. The molecule has 0 amide bonds. The number of ether oxygens (including phenoxy) is 2. The monoisotopic (exact) mass is 347 g/mol. The molecule has 0 aliphatic carbocycles. The van der Waals surface area contributed by atoms with Gasteiger partial charge in [-0.05, 0) is 30.3 Å². The second kappa shape index (κ2) is 5.29. The summed E-state index contributed by atoms with van der Waals surface area (Å²) < 4.78 is 13.4. The van der Waals surface area contributed by atoms with E-state index in [9.17, 15) is 0 Å². The number of nitrogen functional groups attached to an aromatic ring is 1. The molecule has 3 aromatic rings. The molecule has 0 spiro atoms. The van der Waals surface area contributed by atoms with Crippen LogP contribution in [0, 0.1) is 0 Å². The SMILES string of the molecule is COc1ccc(-n2c(N)nc3cc(Br)ccc32)cc1OC. The molecule has 0 aliphatic rings. The third kappa shape index (κ3) is 2.31. The number of benzene rings is 2. The van der Waals surface area contributed by atoms with Crippen molar-refractivity contribution < 1.29 is 9.47 Å². The molecule has 0 radical (unpaired) electrons. The number of methoxy groups -OCH3 is 2. The Morgan fingerprint density at radius 1 is 1.05 bits per heavy atom. The van der Waals surface area contributed by atoms with Crippen molar-refractivity contribution in [2.45, 2.75) is 0 Å². The molecule has 2 aromatic carbocycles. The number of fused-ring (bicyclic) bond motifs is 1. The molecule has 21 heavy (non-hydrogen) atoms. The molecule has 0 fully saturated rings. The molecule has 1 aromatic heterocycles.